The van der Waals surface area contributed by atoms with Crippen molar-refractivity contribution in [3.05, 3.63) is 76.5 Å². The Kier molecular flexibility index (Phi) is 7.47. The van der Waals surface area contributed by atoms with Crippen molar-refractivity contribution < 1.29 is 27.5 Å². The molecule has 0 unspecified atom stereocenters. The quantitative estimate of drug-likeness (QED) is 0.579. The van der Waals surface area contributed by atoms with Crippen LogP contribution in [0.1, 0.15) is 46.6 Å². The minimum atomic E-state index is -4.63. The molecule has 3 heterocycles. The maximum atomic E-state index is 13.7. The maximum absolute atomic E-state index is 13.7. The first kappa shape index (κ1) is 24.4. The number of aliphatic hydroxyl groups excluding tert-OH is 1. The zero-order valence-corrected chi connectivity index (χ0v) is 18.2. The lowest BCUT2D eigenvalue weighted by Crippen LogP contribution is -2.39. The molecule has 0 aliphatic carbocycles. The van der Waals surface area contributed by atoms with Gasteiger partial charge in [-0.3, -0.25) is 4.79 Å². The van der Waals surface area contributed by atoms with Crippen LogP contribution >= 0.6 is 0 Å². The van der Waals surface area contributed by atoms with Gasteiger partial charge in [-0.2, -0.15) is 18.3 Å². The van der Waals surface area contributed by atoms with Crippen molar-refractivity contribution >= 4 is 5.91 Å². The van der Waals surface area contributed by atoms with E-state index >= 15 is 0 Å². The Labute approximate surface area is 188 Å². The number of halogens is 4. The standard InChI is InChI=1S/C21H18F4N4O2.C2H6/c22-16-9-14(8-15(11-16)21(23,24)25)7-13-1-3-26-19(10-13)29-18-2-4-28(5-6-30)20(31)17(18)12-27-29;1-2/h1,3,8-12,30H,2,4-7H2;1-2H3. The maximum Gasteiger partial charge on any atom is 0.416 e. The number of hydrogen-bond donors (Lipinski definition) is 1. The number of carbonyl (C=O) groups excluding carboxylic acids is 1. The first-order chi connectivity index (χ1) is 15.8. The number of aliphatic hydroxyl groups is 1. The van der Waals surface area contributed by atoms with Gasteiger partial charge in [0.15, 0.2) is 5.82 Å². The number of fused-ring (bicyclic) bond motifs is 1. The Morgan fingerprint density at radius 2 is 1.88 bits per heavy atom. The second-order valence-electron chi connectivity index (χ2n) is 7.23. The summed E-state index contributed by atoms with van der Waals surface area (Å²) >= 11 is 0. The monoisotopic (exact) mass is 464 g/mol. The van der Waals surface area contributed by atoms with Gasteiger partial charge in [0.2, 0.25) is 0 Å². The van der Waals surface area contributed by atoms with E-state index in [1.807, 2.05) is 13.8 Å². The fraction of sp³-hybridized carbons (Fsp3) is 0.348. The van der Waals surface area contributed by atoms with Crippen LogP contribution in [-0.4, -0.2) is 50.4 Å². The summed E-state index contributed by atoms with van der Waals surface area (Å²) in [6.07, 6.45) is -1.11. The molecule has 1 aliphatic rings. The molecule has 176 valence electrons. The third-order valence-corrected chi connectivity index (χ3v) is 5.10. The van der Waals surface area contributed by atoms with Crippen molar-refractivity contribution in [3.63, 3.8) is 0 Å². The van der Waals surface area contributed by atoms with Gasteiger partial charge in [-0.1, -0.05) is 13.8 Å². The van der Waals surface area contributed by atoms with Crippen LogP contribution < -0.4 is 0 Å². The minimum Gasteiger partial charge on any atom is -0.395 e. The van der Waals surface area contributed by atoms with Crippen LogP contribution in [0.15, 0.2) is 42.7 Å². The van der Waals surface area contributed by atoms with Crippen molar-refractivity contribution in [3.8, 4) is 5.82 Å². The van der Waals surface area contributed by atoms with Crippen LogP contribution in [0.25, 0.3) is 5.82 Å². The summed E-state index contributed by atoms with van der Waals surface area (Å²) in [4.78, 5) is 18.3. The SMILES string of the molecule is CC.O=C1c2cnn(-c3cc(Cc4cc(F)cc(C(F)(F)F)c4)ccn3)c2CCN1CCO. The fourth-order valence-electron chi connectivity index (χ4n) is 3.68. The van der Waals surface area contributed by atoms with E-state index in [0.29, 0.717) is 41.7 Å². The molecule has 0 saturated carbocycles. The number of amides is 1. The number of β-amino-alcohol motifs (C(OH)–C–C–N with tert-alkyl or cyclic N) is 1. The van der Waals surface area contributed by atoms with Crippen molar-refractivity contribution in [2.45, 2.75) is 32.9 Å². The van der Waals surface area contributed by atoms with Crippen molar-refractivity contribution in [2.75, 3.05) is 19.7 Å². The van der Waals surface area contributed by atoms with Gasteiger partial charge < -0.3 is 10.0 Å². The lowest BCUT2D eigenvalue weighted by molar-refractivity contribution is -0.137. The molecule has 4 rings (SSSR count). The highest BCUT2D eigenvalue weighted by atomic mass is 19.4. The average Bonchev–Trinajstić information content (AvgIpc) is 3.21. The summed E-state index contributed by atoms with van der Waals surface area (Å²) < 4.78 is 54.1. The fourth-order valence-corrected chi connectivity index (χ4v) is 3.68. The predicted molar refractivity (Wildman–Crippen MR) is 114 cm³/mol. The van der Waals surface area contributed by atoms with Gasteiger partial charge >= 0.3 is 6.18 Å². The van der Waals surface area contributed by atoms with E-state index in [1.54, 1.807) is 17.0 Å². The molecule has 2 aromatic heterocycles. The Hall–Kier alpha value is -3.27. The lowest BCUT2D eigenvalue weighted by Gasteiger charge is -2.26. The van der Waals surface area contributed by atoms with E-state index in [2.05, 4.69) is 10.1 Å². The van der Waals surface area contributed by atoms with Crippen LogP contribution in [0.2, 0.25) is 0 Å². The van der Waals surface area contributed by atoms with Gasteiger partial charge in [0.25, 0.3) is 5.91 Å². The Balaban J connectivity index is 0.00000149. The molecular formula is C23H24F4N4O2. The number of rotatable bonds is 5. The number of nitrogens with zero attached hydrogens (tertiary/aromatic N) is 4. The number of pyridine rings is 1. The molecule has 0 spiro atoms. The number of benzene rings is 1. The first-order valence-electron chi connectivity index (χ1n) is 10.6. The van der Waals surface area contributed by atoms with Gasteiger partial charge in [-0.05, 0) is 47.9 Å². The molecule has 1 amide bonds. The smallest absolute Gasteiger partial charge is 0.395 e. The number of hydrogen-bond acceptors (Lipinski definition) is 4. The molecular weight excluding hydrogens is 440 g/mol. The van der Waals surface area contributed by atoms with Gasteiger partial charge in [0.05, 0.1) is 29.6 Å². The third kappa shape index (κ3) is 5.39. The highest BCUT2D eigenvalue weighted by Gasteiger charge is 2.31. The van der Waals surface area contributed by atoms with Gasteiger partial charge in [0, 0.05) is 25.7 Å². The number of aromatic nitrogens is 3. The molecule has 6 nitrogen and oxygen atoms in total. The second-order valence-corrected chi connectivity index (χ2v) is 7.23. The Morgan fingerprint density at radius 3 is 2.58 bits per heavy atom. The van der Waals surface area contributed by atoms with E-state index < -0.39 is 17.6 Å². The molecule has 1 N–H and O–H groups in total. The largest absolute Gasteiger partial charge is 0.416 e. The zero-order valence-electron chi connectivity index (χ0n) is 18.2. The Morgan fingerprint density at radius 1 is 1.12 bits per heavy atom. The predicted octanol–water partition coefficient (Wildman–Crippen LogP) is 4.03. The molecule has 1 aromatic carbocycles. The summed E-state index contributed by atoms with van der Waals surface area (Å²) in [6, 6.07) is 5.74. The van der Waals surface area contributed by atoms with Crippen LogP contribution in [0, 0.1) is 5.82 Å². The van der Waals surface area contributed by atoms with Crippen LogP contribution in [0.5, 0.6) is 0 Å². The minimum absolute atomic E-state index is 0.0724. The van der Waals surface area contributed by atoms with Crippen LogP contribution in [0.4, 0.5) is 17.6 Å². The second kappa shape index (κ2) is 10.1. The van der Waals surface area contributed by atoms with Crippen molar-refractivity contribution in [2.24, 2.45) is 0 Å². The highest BCUT2D eigenvalue weighted by molar-refractivity contribution is 5.96. The molecule has 0 fully saturated rings. The lowest BCUT2D eigenvalue weighted by atomic mass is 10.0. The van der Waals surface area contributed by atoms with Crippen molar-refractivity contribution in [1.82, 2.24) is 19.7 Å². The molecule has 0 atom stereocenters. The van der Waals surface area contributed by atoms with Gasteiger partial charge in [0.1, 0.15) is 5.82 Å². The Bertz CT molecular complexity index is 1130. The first-order valence-corrected chi connectivity index (χ1v) is 10.6. The van der Waals surface area contributed by atoms with Gasteiger partial charge in [-0.15, -0.1) is 0 Å². The molecule has 0 radical (unpaired) electrons. The van der Waals surface area contributed by atoms with E-state index in [-0.39, 0.29) is 31.0 Å². The van der Waals surface area contributed by atoms with Gasteiger partial charge in [-0.25, -0.2) is 14.1 Å². The molecule has 0 bridgehead atoms. The topological polar surface area (TPSA) is 71.2 Å². The average molecular weight is 464 g/mol. The molecule has 3 aromatic rings. The number of alkyl halides is 3. The summed E-state index contributed by atoms with van der Waals surface area (Å²) in [6.45, 7) is 4.54. The van der Waals surface area contributed by atoms with E-state index in [9.17, 15) is 22.4 Å². The summed E-state index contributed by atoms with van der Waals surface area (Å²) in [5.41, 5.74) is 0.864. The van der Waals surface area contributed by atoms with E-state index in [0.717, 1.165) is 12.1 Å². The summed E-state index contributed by atoms with van der Waals surface area (Å²) in [5, 5.41) is 13.3. The molecule has 33 heavy (non-hydrogen) atoms. The number of carbonyl (C=O) groups is 1. The molecule has 1 aliphatic heterocycles. The normalized spacial score (nSPS) is 13.4. The summed E-state index contributed by atoms with van der Waals surface area (Å²) in [5.74, 6) is -0.766. The van der Waals surface area contributed by atoms with Crippen molar-refractivity contribution in [1.29, 1.82) is 0 Å². The van der Waals surface area contributed by atoms with Crippen LogP contribution in [0.3, 0.4) is 0 Å². The third-order valence-electron chi connectivity index (χ3n) is 5.10. The van der Waals surface area contributed by atoms with E-state index in [4.69, 9.17) is 5.11 Å². The highest BCUT2D eigenvalue weighted by Crippen LogP contribution is 2.31. The molecule has 10 heteroatoms. The van der Waals surface area contributed by atoms with Crippen LogP contribution in [-0.2, 0) is 19.0 Å². The summed E-state index contributed by atoms with van der Waals surface area (Å²) in [7, 11) is 0. The molecule has 0 saturated heterocycles. The van der Waals surface area contributed by atoms with E-state index in [1.165, 1.54) is 17.1 Å². The zero-order chi connectivity index (χ0) is 24.2.